The zero-order valence-corrected chi connectivity index (χ0v) is 6.96. The molecule has 50 valence electrons. The number of hydrogen-bond acceptors (Lipinski definition) is 1. The van der Waals surface area contributed by atoms with Crippen LogP contribution in [0.15, 0.2) is 23.0 Å². The Morgan fingerprint density at radius 3 is 2.11 bits per heavy atom. The summed E-state index contributed by atoms with van der Waals surface area (Å²) in [5.41, 5.74) is 0. The van der Waals surface area contributed by atoms with Gasteiger partial charge in [0.25, 0.3) is 0 Å². The van der Waals surface area contributed by atoms with Crippen LogP contribution >= 0.6 is 35.0 Å². The normalized spacial score (nSPS) is 19.4. The Labute approximate surface area is 68.9 Å². The molecule has 1 rings (SSSR count). The Hall–Kier alpha value is 0.410. The van der Waals surface area contributed by atoms with E-state index in [0.29, 0.717) is 0 Å². The molecule has 0 aliphatic carbocycles. The first-order valence-corrected chi connectivity index (χ1v) is 4.39. The first-order chi connectivity index (χ1) is 4.30. The van der Waals surface area contributed by atoms with E-state index in [1.165, 1.54) is 0 Å². The maximum Gasteiger partial charge on any atom is 0.117 e. The molecule has 0 bridgehead atoms. The average molecular weight is 181 g/mol. The average Bonchev–Trinajstić information content (AvgIpc) is 1.90. The van der Waals surface area contributed by atoms with Crippen LogP contribution in [0.2, 0.25) is 0 Å². The molecule has 0 nitrogen and oxygen atoms in total. The maximum atomic E-state index is 5.61. The molecular formula is C6H6Cl2S. The number of alkyl halides is 2. The molecule has 0 aromatic carbocycles. The van der Waals surface area contributed by atoms with Crippen molar-refractivity contribution < 1.29 is 0 Å². The van der Waals surface area contributed by atoms with E-state index in [9.17, 15) is 0 Å². The van der Waals surface area contributed by atoms with Crippen LogP contribution in [0.3, 0.4) is 0 Å². The highest BCUT2D eigenvalue weighted by Crippen LogP contribution is 2.24. The Morgan fingerprint density at radius 1 is 1.22 bits per heavy atom. The van der Waals surface area contributed by atoms with Crippen LogP contribution in [0, 0.1) is 5.92 Å². The lowest BCUT2D eigenvalue weighted by Crippen LogP contribution is -2.02. The summed E-state index contributed by atoms with van der Waals surface area (Å²) in [4.78, 5) is -0.307. The Bertz CT molecular complexity index is 128. The molecule has 0 unspecified atom stereocenters. The molecule has 0 aromatic rings. The second-order valence-corrected chi connectivity index (χ2v) is 3.69. The first kappa shape index (κ1) is 7.52. The van der Waals surface area contributed by atoms with Crippen molar-refractivity contribution in [3.05, 3.63) is 23.0 Å². The van der Waals surface area contributed by atoms with Gasteiger partial charge in [0.15, 0.2) is 0 Å². The molecule has 0 radical (unpaired) electrons. The van der Waals surface area contributed by atoms with E-state index >= 15 is 0 Å². The third-order valence-electron chi connectivity index (χ3n) is 1.05. The summed E-state index contributed by atoms with van der Waals surface area (Å²) >= 11 is 12.9. The van der Waals surface area contributed by atoms with E-state index in [4.69, 9.17) is 23.2 Å². The van der Waals surface area contributed by atoms with E-state index in [1.807, 2.05) is 23.0 Å². The number of hydrogen-bond donors (Lipinski definition) is 0. The fourth-order valence-corrected chi connectivity index (χ4v) is 1.52. The minimum Gasteiger partial charge on any atom is -0.107 e. The van der Waals surface area contributed by atoms with Gasteiger partial charge < -0.3 is 0 Å². The molecule has 0 spiro atoms. The lowest BCUT2D eigenvalue weighted by Gasteiger charge is -2.09. The molecule has 1 aliphatic heterocycles. The zero-order chi connectivity index (χ0) is 6.69. The smallest absolute Gasteiger partial charge is 0.107 e. The molecule has 0 saturated carbocycles. The van der Waals surface area contributed by atoms with Crippen molar-refractivity contribution in [3.63, 3.8) is 0 Å². The lowest BCUT2D eigenvalue weighted by molar-refractivity contribution is 0.900. The van der Waals surface area contributed by atoms with Gasteiger partial charge in [-0.25, -0.2) is 0 Å². The van der Waals surface area contributed by atoms with Crippen LogP contribution in [-0.4, -0.2) is 4.84 Å². The number of halogens is 2. The van der Waals surface area contributed by atoms with Crippen molar-refractivity contribution in [2.45, 2.75) is 4.84 Å². The second kappa shape index (κ2) is 3.55. The summed E-state index contributed by atoms with van der Waals surface area (Å²) in [7, 11) is 0. The quantitative estimate of drug-likeness (QED) is 0.560. The van der Waals surface area contributed by atoms with Gasteiger partial charge in [-0.15, -0.1) is 35.0 Å². The van der Waals surface area contributed by atoms with Crippen molar-refractivity contribution >= 4 is 35.0 Å². The number of allylic oxidation sites excluding steroid dienone is 2. The molecule has 0 atom stereocenters. The van der Waals surface area contributed by atoms with Crippen molar-refractivity contribution in [3.8, 4) is 0 Å². The van der Waals surface area contributed by atoms with Gasteiger partial charge in [0.2, 0.25) is 0 Å². The Morgan fingerprint density at radius 2 is 1.78 bits per heavy atom. The largest absolute Gasteiger partial charge is 0.117 e. The fraction of sp³-hybridized carbons (Fsp3) is 0.333. The summed E-state index contributed by atoms with van der Waals surface area (Å²) in [6, 6.07) is 0. The summed E-state index contributed by atoms with van der Waals surface area (Å²) in [6.45, 7) is 0. The highest BCUT2D eigenvalue weighted by atomic mass is 35.5. The third kappa shape index (κ3) is 2.24. The van der Waals surface area contributed by atoms with Crippen molar-refractivity contribution in [2.24, 2.45) is 5.92 Å². The maximum absolute atomic E-state index is 5.61. The minimum absolute atomic E-state index is 0.203. The van der Waals surface area contributed by atoms with Gasteiger partial charge in [-0.3, -0.25) is 0 Å². The van der Waals surface area contributed by atoms with Crippen LogP contribution in [-0.2, 0) is 0 Å². The number of rotatable bonds is 1. The van der Waals surface area contributed by atoms with Crippen molar-refractivity contribution in [1.82, 2.24) is 0 Å². The van der Waals surface area contributed by atoms with E-state index in [0.717, 1.165) is 0 Å². The summed E-state index contributed by atoms with van der Waals surface area (Å²) in [5.74, 6) is 0.203. The standard InChI is InChI=1S/C6H6Cl2S/c7-6(8)5-1-3-9-4-2-5/h1-6H. The molecule has 0 N–H and O–H groups in total. The van der Waals surface area contributed by atoms with Crippen LogP contribution in [0.1, 0.15) is 0 Å². The lowest BCUT2D eigenvalue weighted by atomic mass is 10.2. The molecule has 1 heterocycles. The van der Waals surface area contributed by atoms with Crippen LogP contribution in [0.4, 0.5) is 0 Å². The SMILES string of the molecule is ClC(Cl)C1C=CSC=C1. The van der Waals surface area contributed by atoms with E-state index < -0.39 is 0 Å². The summed E-state index contributed by atoms with van der Waals surface area (Å²) < 4.78 is 0. The van der Waals surface area contributed by atoms with Crippen molar-refractivity contribution in [2.75, 3.05) is 0 Å². The molecule has 1 aliphatic rings. The third-order valence-corrected chi connectivity index (χ3v) is 2.26. The predicted octanol–water partition coefficient (Wildman–Crippen LogP) is 3.18. The predicted molar refractivity (Wildman–Crippen MR) is 44.9 cm³/mol. The summed E-state index contributed by atoms with van der Waals surface area (Å²) in [5, 5.41) is 3.98. The monoisotopic (exact) mass is 180 g/mol. The highest BCUT2D eigenvalue weighted by molar-refractivity contribution is 8.04. The van der Waals surface area contributed by atoms with E-state index in [-0.39, 0.29) is 10.8 Å². The van der Waals surface area contributed by atoms with Crippen LogP contribution < -0.4 is 0 Å². The van der Waals surface area contributed by atoms with Crippen molar-refractivity contribution in [1.29, 1.82) is 0 Å². The number of thioether (sulfide) groups is 1. The topological polar surface area (TPSA) is 0 Å². The molecule has 0 amide bonds. The molecule has 0 aromatic heterocycles. The second-order valence-electron chi connectivity index (χ2n) is 1.70. The highest BCUT2D eigenvalue weighted by Gasteiger charge is 2.10. The van der Waals surface area contributed by atoms with Gasteiger partial charge in [-0.2, -0.15) is 0 Å². The van der Waals surface area contributed by atoms with Gasteiger partial charge in [-0.05, 0) is 10.8 Å². The molecule has 9 heavy (non-hydrogen) atoms. The molecule has 3 heteroatoms. The molecule has 0 fully saturated rings. The van der Waals surface area contributed by atoms with E-state index in [2.05, 4.69) is 0 Å². The van der Waals surface area contributed by atoms with Crippen LogP contribution in [0.25, 0.3) is 0 Å². The van der Waals surface area contributed by atoms with Gasteiger partial charge in [0.1, 0.15) is 4.84 Å². The Kier molecular flexibility index (Phi) is 2.96. The van der Waals surface area contributed by atoms with Gasteiger partial charge in [0, 0.05) is 5.92 Å². The van der Waals surface area contributed by atoms with E-state index in [1.54, 1.807) is 11.8 Å². The van der Waals surface area contributed by atoms with Crippen LogP contribution in [0.5, 0.6) is 0 Å². The summed E-state index contributed by atoms with van der Waals surface area (Å²) in [6.07, 6.45) is 3.99. The molecule has 0 saturated heterocycles. The fourth-order valence-electron chi connectivity index (χ4n) is 0.550. The Balaban J connectivity index is 2.49. The van der Waals surface area contributed by atoms with Gasteiger partial charge >= 0.3 is 0 Å². The minimum atomic E-state index is -0.307. The van der Waals surface area contributed by atoms with Gasteiger partial charge in [0.05, 0.1) is 0 Å². The molecular weight excluding hydrogens is 175 g/mol. The zero-order valence-electron chi connectivity index (χ0n) is 4.63. The van der Waals surface area contributed by atoms with Gasteiger partial charge in [-0.1, -0.05) is 12.2 Å². The first-order valence-electron chi connectivity index (χ1n) is 2.57.